The molecule has 0 radical (unpaired) electrons. The Morgan fingerprint density at radius 1 is 0.704 bits per heavy atom. The molecule has 1 aromatic carbocycles. The Hall–Kier alpha value is -3.06. The molecule has 0 fully saturated rings. The predicted molar refractivity (Wildman–Crippen MR) is 95.0 cm³/mol. The van der Waals surface area contributed by atoms with Gasteiger partial charge in [-0.15, -0.1) is 0 Å². The van der Waals surface area contributed by atoms with Crippen molar-refractivity contribution in [3.8, 4) is 0 Å². The number of hydrogen-bond donors (Lipinski definition) is 2. The van der Waals surface area contributed by atoms with Crippen LogP contribution in [0, 0.1) is 0 Å². The molecule has 0 atom stereocenters. The van der Waals surface area contributed by atoms with Crippen LogP contribution in [-0.4, -0.2) is 11.8 Å². The van der Waals surface area contributed by atoms with Crippen LogP contribution in [0.15, 0.2) is 73.3 Å². The standard InChI is InChI=1S/C20H18N4O2.BrH/c21-19(25)17-7-3-9-23(13-17)11-15-5-1-2-6-16(15)12-24-10-4-8-18(14-24)20(22)26;/h1-10,13-14H,11-12H2,(H2-2,21,22,25,26);1H/p+1. The van der Waals surface area contributed by atoms with Gasteiger partial charge in [-0.25, -0.2) is 0 Å². The van der Waals surface area contributed by atoms with Gasteiger partial charge in [0, 0.05) is 23.3 Å². The Morgan fingerprint density at radius 2 is 1.11 bits per heavy atom. The molecule has 7 heteroatoms. The number of pyridine rings is 2. The minimum Gasteiger partial charge on any atom is -1.00 e. The highest BCUT2D eigenvalue weighted by Gasteiger charge is 2.14. The van der Waals surface area contributed by atoms with Crippen LogP contribution >= 0.6 is 0 Å². The van der Waals surface area contributed by atoms with E-state index in [2.05, 4.69) is 0 Å². The molecule has 27 heavy (non-hydrogen) atoms. The van der Waals surface area contributed by atoms with Gasteiger partial charge in [0.15, 0.2) is 37.9 Å². The van der Waals surface area contributed by atoms with Crippen LogP contribution in [0.25, 0.3) is 0 Å². The molecule has 4 N–H and O–H groups in total. The zero-order chi connectivity index (χ0) is 18.5. The van der Waals surface area contributed by atoms with Crippen molar-refractivity contribution in [1.82, 2.24) is 0 Å². The van der Waals surface area contributed by atoms with E-state index in [9.17, 15) is 9.59 Å². The van der Waals surface area contributed by atoms with Gasteiger partial charge in [-0.05, 0) is 12.1 Å². The molecule has 0 unspecified atom stereocenters. The van der Waals surface area contributed by atoms with Crippen molar-refractivity contribution in [2.75, 3.05) is 0 Å². The Morgan fingerprint density at radius 3 is 1.48 bits per heavy atom. The molecule has 0 aliphatic carbocycles. The fourth-order valence-corrected chi connectivity index (χ4v) is 2.79. The molecule has 2 amide bonds. The van der Waals surface area contributed by atoms with Gasteiger partial charge in [0.2, 0.25) is 0 Å². The summed E-state index contributed by atoms with van der Waals surface area (Å²) in [6, 6.07) is 15.0. The van der Waals surface area contributed by atoms with Crippen molar-refractivity contribution in [3.63, 3.8) is 0 Å². The number of hydrogen-bond acceptors (Lipinski definition) is 2. The van der Waals surface area contributed by atoms with E-state index in [0.29, 0.717) is 24.2 Å². The molecule has 3 aromatic rings. The van der Waals surface area contributed by atoms with Gasteiger partial charge in [0.1, 0.15) is 11.1 Å². The summed E-state index contributed by atoms with van der Waals surface area (Å²) in [6.07, 6.45) is 7.26. The first-order valence-corrected chi connectivity index (χ1v) is 8.17. The molecule has 138 valence electrons. The van der Waals surface area contributed by atoms with Crippen LogP contribution < -0.4 is 37.6 Å². The van der Waals surface area contributed by atoms with Crippen LogP contribution in [0.2, 0.25) is 0 Å². The molecule has 0 saturated carbocycles. The van der Waals surface area contributed by atoms with E-state index < -0.39 is 11.8 Å². The number of carbonyl (C=O) groups excluding carboxylic acids is 2. The van der Waals surface area contributed by atoms with E-state index in [0.717, 1.165) is 11.1 Å². The number of aromatic nitrogens is 2. The third kappa shape index (κ3) is 5.21. The second-order valence-electron chi connectivity index (χ2n) is 6.03. The van der Waals surface area contributed by atoms with E-state index in [1.807, 2.05) is 45.8 Å². The van der Waals surface area contributed by atoms with Crippen molar-refractivity contribution >= 4 is 11.8 Å². The minimum atomic E-state index is -0.452. The molecule has 0 aliphatic rings. The number of amides is 2. The monoisotopic (exact) mass is 427 g/mol. The minimum absolute atomic E-state index is 0. The summed E-state index contributed by atoms with van der Waals surface area (Å²) in [4.78, 5) is 22.7. The predicted octanol–water partition coefficient (Wildman–Crippen LogP) is -2.44. The molecule has 2 aromatic heterocycles. The molecular formula is C20H20BrN4O2+. The number of benzene rings is 1. The third-order valence-electron chi connectivity index (χ3n) is 4.11. The average Bonchev–Trinajstić information content (AvgIpc) is 2.64. The summed E-state index contributed by atoms with van der Waals surface area (Å²) in [7, 11) is 0. The molecule has 6 nitrogen and oxygen atoms in total. The van der Waals surface area contributed by atoms with Crippen molar-refractivity contribution in [1.29, 1.82) is 0 Å². The lowest BCUT2D eigenvalue weighted by Gasteiger charge is -2.05. The van der Waals surface area contributed by atoms with E-state index in [1.54, 1.807) is 36.7 Å². The highest BCUT2D eigenvalue weighted by molar-refractivity contribution is 5.92. The number of halogens is 1. The maximum atomic E-state index is 11.4. The van der Waals surface area contributed by atoms with Crippen molar-refractivity contribution < 1.29 is 35.7 Å². The third-order valence-corrected chi connectivity index (χ3v) is 4.11. The smallest absolute Gasteiger partial charge is 0.254 e. The normalized spacial score (nSPS) is 10.1. The summed E-state index contributed by atoms with van der Waals surface area (Å²) in [5, 5.41) is 0. The largest absolute Gasteiger partial charge is 1.00 e. The molecular weight excluding hydrogens is 408 g/mol. The van der Waals surface area contributed by atoms with Crippen LogP contribution in [0.4, 0.5) is 0 Å². The summed E-state index contributed by atoms with van der Waals surface area (Å²) in [5.41, 5.74) is 13.9. The first-order valence-electron chi connectivity index (χ1n) is 8.17. The molecule has 0 saturated heterocycles. The lowest BCUT2D eigenvalue weighted by atomic mass is 10.1. The summed E-state index contributed by atoms with van der Waals surface area (Å²) in [6.45, 7) is 1.21. The van der Waals surface area contributed by atoms with Crippen LogP contribution in [0.5, 0.6) is 0 Å². The molecule has 3 rings (SSSR count). The zero-order valence-corrected chi connectivity index (χ0v) is 16.2. The van der Waals surface area contributed by atoms with E-state index in [4.69, 9.17) is 11.5 Å². The number of nitrogens with two attached hydrogens (primary N) is 2. The molecule has 0 aliphatic heterocycles. The fourth-order valence-electron chi connectivity index (χ4n) is 2.79. The average molecular weight is 428 g/mol. The van der Waals surface area contributed by atoms with Gasteiger partial charge in [0.25, 0.3) is 11.8 Å². The van der Waals surface area contributed by atoms with Crippen molar-refractivity contribution in [2.24, 2.45) is 11.5 Å². The van der Waals surface area contributed by atoms with Gasteiger partial charge in [-0.3, -0.25) is 9.59 Å². The Kier molecular flexibility index (Phi) is 6.79. The van der Waals surface area contributed by atoms with Crippen molar-refractivity contribution in [3.05, 3.63) is 95.6 Å². The van der Waals surface area contributed by atoms with Gasteiger partial charge in [-0.1, -0.05) is 24.3 Å². The number of primary amides is 2. The number of nitrogens with zero attached hydrogens (tertiary/aromatic N) is 2. The second-order valence-corrected chi connectivity index (χ2v) is 6.03. The maximum Gasteiger partial charge on any atom is 0.254 e. The Labute approximate surface area is 167 Å². The second kappa shape index (κ2) is 9.05. The van der Waals surface area contributed by atoms with E-state index in [1.165, 1.54) is 0 Å². The number of carbonyl (C=O) groups is 2. The van der Waals surface area contributed by atoms with Gasteiger partial charge in [0.05, 0.1) is 0 Å². The lowest BCUT2D eigenvalue weighted by Crippen LogP contribution is -3.00. The first-order chi connectivity index (χ1) is 12.5. The molecule has 0 bridgehead atoms. The molecule has 0 spiro atoms. The summed E-state index contributed by atoms with van der Waals surface area (Å²) < 4.78 is 3.84. The van der Waals surface area contributed by atoms with Gasteiger partial charge in [-0.2, -0.15) is 9.13 Å². The maximum absolute atomic E-state index is 11.4. The van der Waals surface area contributed by atoms with Crippen molar-refractivity contribution in [2.45, 2.75) is 13.1 Å². The van der Waals surface area contributed by atoms with Crippen LogP contribution in [0.1, 0.15) is 31.8 Å². The lowest BCUT2D eigenvalue weighted by molar-refractivity contribution is -0.693. The fraction of sp³-hybridized carbons (Fsp3) is 0.100. The van der Waals surface area contributed by atoms with Crippen LogP contribution in [-0.2, 0) is 13.1 Å². The van der Waals surface area contributed by atoms with Gasteiger partial charge < -0.3 is 28.4 Å². The summed E-state index contributed by atoms with van der Waals surface area (Å²) >= 11 is 0. The van der Waals surface area contributed by atoms with E-state index in [-0.39, 0.29) is 17.0 Å². The highest BCUT2D eigenvalue weighted by atomic mass is 79.9. The Bertz CT molecular complexity index is 897. The number of rotatable bonds is 6. The first kappa shape index (κ1) is 20.3. The topological polar surface area (TPSA) is 93.9 Å². The highest BCUT2D eigenvalue weighted by Crippen LogP contribution is 2.09. The quantitative estimate of drug-likeness (QED) is 0.427. The SMILES string of the molecule is NC(=O)c1ccc[n+](Cc2ccccc2C[n+]2cccc(C(N)=O)c2)c1.[Br-]. The van der Waals surface area contributed by atoms with E-state index >= 15 is 0 Å². The van der Waals surface area contributed by atoms with Crippen LogP contribution in [0.3, 0.4) is 0 Å². The van der Waals surface area contributed by atoms with Gasteiger partial charge >= 0.3 is 0 Å². The zero-order valence-electron chi connectivity index (χ0n) is 14.6. The molecule has 2 heterocycles. The Balaban J connectivity index is 0.00000261. The summed E-state index contributed by atoms with van der Waals surface area (Å²) in [5.74, 6) is -0.905.